The lowest BCUT2D eigenvalue weighted by Crippen LogP contribution is -2.38. The van der Waals surface area contributed by atoms with E-state index in [9.17, 15) is 14.4 Å². The number of carbonyl (C=O) groups excluding carboxylic acids is 1. The number of imidazole rings is 1. The van der Waals surface area contributed by atoms with Crippen molar-refractivity contribution in [2.75, 3.05) is 11.9 Å². The molecule has 9 heteroatoms. The molecule has 2 aromatic heterocycles. The molecule has 4 rings (SSSR count). The van der Waals surface area contributed by atoms with Gasteiger partial charge in [0, 0.05) is 38.4 Å². The number of nitrogens with zero attached hydrogens (tertiary/aromatic N) is 4. The van der Waals surface area contributed by atoms with E-state index in [1.807, 2.05) is 36.4 Å². The molecule has 0 bridgehead atoms. The van der Waals surface area contributed by atoms with E-state index in [4.69, 9.17) is 0 Å². The van der Waals surface area contributed by atoms with E-state index in [2.05, 4.69) is 15.6 Å². The van der Waals surface area contributed by atoms with Crippen LogP contribution in [0.3, 0.4) is 0 Å². The SMILES string of the molecule is Cn1c(=O)c2c(nc(Nc3ccccc3)n2CCNC(=O)c2ccccc2)n(C)c1=O. The second-order valence-corrected chi connectivity index (χ2v) is 7.08. The van der Waals surface area contributed by atoms with Crippen LogP contribution in [0.15, 0.2) is 70.3 Å². The van der Waals surface area contributed by atoms with Crippen molar-refractivity contribution in [1.29, 1.82) is 0 Å². The first-order valence-corrected chi connectivity index (χ1v) is 9.79. The molecule has 0 unspecified atom stereocenters. The number of rotatable bonds is 6. The molecule has 0 radical (unpaired) electrons. The van der Waals surface area contributed by atoms with Gasteiger partial charge in [0.05, 0.1) is 0 Å². The second-order valence-electron chi connectivity index (χ2n) is 7.08. The normalized spacial score (nSPS) is 10.9. The van der Waals surface area contributed by atoms with Crippen LogP contribution in [0.5, 0.6) is 0 Å². The van der Waals surface area contributed by atoms with Gasteiger partial charge in [0.1, 0.15) is 0 Å². The van der Waals surface area contributed by atoms with Crippen molar-refractivity contribution in [3.63, 3.8) is 0 Å². The van der Waals surface area contributed by atoms with Gasteiger partial charge in [-0.2, -0.15) is 4.98 Å². The van der Waals surface area contributed by atoms with Crippen LogP contribution in [-0.2, 0) is 20.6 Å². The predicted octanol–water partition coefficient (Wildman–Crippen LogP) is 1.61. The molecule has 0 saturated carbocycles. The minimum Gasteiger partial charge on any atom is -0.350 e. The summed E-state index contributed by atoms with van der Waals surface area (Å²) in [6.45, 7) is 0.562. The fourth-order valence-electron chi connectivity index (χ4n) is 3.38. The summed E-state index contributed by atoms with van der Waals surface area (Å²) >= 11 is 0. The lowest BCUT2D eigenvalue weighted by Gasteiger charge is -2.12. The van der Waals surface area contributed by atoms with Crippen molar-refractivity contribution in [2.24, 2.45) is 14.1 Å². The van der Waals surface area contributed by atoms with Crippen LogP contribution in [-0.4, -0.2) is 31.1 Å². The molecule has 4 aromatic rings. The van der Waals surface area contributed by atoms with Crippen LogP contribution in [0, 0.1) is 0 Å². The molecule has 1 amide bonds. The lowest BCUT2D eigenvalue weighted by molar-refractivity contribution is 0.0952. The Morgan fingerprint density at radius 3 is 2.26 bits per heavy atom. The molecule has 158 valence electrons. The van der Waals surface area contributed by atoms with E-state index in [-0.39, 0.29) is 30.2 Å². The van der Waals surface area contributed by atoms with Crippen molar-refractivity contribution in [3.05, 3.63) is 87.1 Å². The number of nitrogens with one attached hydrogen (secondary N) is 2. The minimum atomic E-state index is -0.453. The zero-order chi connectivity index (χ0) is 22.0. The molecule has 9 nitrogen and oxygen atoms in total. The highest BCUT2D eigenvalue weighted by Crippen LogP contribution is 2.19. The summed E-state index contributed by atoms with van der Waals surface area (Å²) in [6, 6.07) is 18.3. The van der Waals surface area contributed by atoms with Gasteiger partial charge in [-0.05, 0) is 24.3 Å². The highest BCUT2D eigenvalue weighted by atomic mass is 16.2. The van der Waals surface area contributed by atoms with Gasteiger partial charge in [0.15, 0.2) is 11.2 Å². The van der Waals surface area contributed by atoms with Crippen molar-refractivity contribution in [3.8, 4) is 0 Å². The highest BCUT2D eigenvalue weighted by Gasteiger charge is 2.19. The number of hydrogen-bond acceptors (Lipinski definition) is 5. The van der Waals surface area contributed by atoms with Crippen molar-refractivity contribution >= 4 is 28.7 Å². The number of carbonyl (C=O) groups is 1. The zero-order valence-electron chi connectivity index (χ0n) is 17.2. The van der Waals surface area contributed by atoms with Gasteiger partial charge in [-0.3, -0.25) is 18.7 Å². The number of aryl methyl sites for hydroxylation is 1. The standard InChI is InChI=1S/C22H22N6O3/c1-26-18-17(20(30)27(2)22(26)31)28(21(25-18)24-16-11-7-4-8-12-16)14-13-23-19(29)15-9-5-3-6-10-15/h3-12H,13-14H2,1-2H3,(H,23,29)(H,24,25). The molecule has 0 aliphatic rings. The van der Waals surface area contributed by atoms with Crippen molar-refractivity contribution in [2.45, 2.75) is 6.54 Å². The summed E-state index contributed by atoms with van der Waals surface area (Å²) in [5, 5.41) is 6.06. The van der Waals surface area contributed by atoms with Crippen LogP contribution in [0.2, 0.25) is 0 Å². The van der Waals surface area contributed by atoms with E-state index in [1.54, 1.807) is 35.9 Å². The summed E-state index contributed by atoms with van der Waals surface area (Å²) in [6.07, 6.45) is 0. The predicted molar refractivity (Wildman–Crippen MR) is 119 cm³/mol. The van der Waals surface area contributed by atoms with E-state index < -0.39 is 11.2 Å². The number of anilines is 2. The van der Waals surface area contributed by atoms with Gasteiger partial charge < -0.3 is 15.2 Å². The number of aromatic nitrogens is 4. The molecule has 2 heterocycles. The van der Waals surface area contributed by atoms with Gasteiger partial charge in [-0.25, -0.2) is 4.79 Å². The Bertz CT molecular complexity index is 1350. The fraction of sp³-hybridized carbons (Fsp3) is 0.182. The fourth-order valence-corrected chi connectivity index (χ4v) is 3.38. The monoisotopic (exact) mass is 418 g/mol. The number of benzene rings is 2. The van der Waals surface area contributed by atoms with E-state index >= 15 is 0 Å². The molecule has 0 fully saturated rings. The summed E-state index contributed by atoms with van der Waals surface area (Å²) < 4.78 is 4.08. The Labute approximate surface area is 177 Å². The van der Waals surface area contributed by atoms with Gasteiger partial charge in [-0.1, -0.05) is 36.4 Å². The third-order valence-corrected chi connectivity index (χ3v) is 5.03. The first-order chi connectivity index (χ1) is 15.0. The van der Waals surface area contributed by atoms with Crippen molar-refractivity contribution in [1.82, 2.24) is 24.0 Å². The largest absolute Gasteiger partial charge is 0.350 e. The number of para-hydroxylation sites is 1. The number of hydrogen-bond donors (Lipinski definition) is 2. The average molecular weight is 418 g/mol. The molecule has 0 aliphatic carbocycles. The van der Waals surface area contributed by atoms with Gasteiger partial charge >= 0.3 is 5.69 Å². The number of fused-ring (bicyclic) bond motifs is 1. The Kier molecular flexibility index (Phi) is 5.40. The molecule has 2 N–H and O–H groups in total. The summed E-state index contributed by atoms with van der Waals surface area (Å²) in [5.41, 5.74) is 1.01. The topological polar surface area (TPSA) is 103 Å². The van der Waals surface area contributed by atoms with Crippen LogP contribution < -0.4 is 21.9 Å². The smallest absolute Gasteiger partial charge is 0.332 e. The Hall–Kier alpha value is -4.14. The second kappa shape index (κ2) is 8.31. The third-order valence-electron chi connectivity index (χ3n) is 5.03. The molecular weight excluding hydrogens is 396 g/mol. The summed E-state index contributed by atoms with van der Waals surface area (Å²) in [5.74, 6) is 0.205. The molecular formula is C22H22N6O3. The molecule has 0 saturated heterocycles. The zero-order valence-corrected chi connectivity index (χ0v) is 17.2. The summed E-state index contributed by atoms with van der Waals surface area (Å²) in [4.78, 5) is 42.1. The average Bonchev–Trinajstić information content (AvgIpc) is 3.15. The van der Waals surface area contributed by atoms with Gasteiger partial charge in [0.25, 0.3) is 11.5 Å². The minimum absolute atomic E-state index is 0.206. The maximum absolute atomic E-state index is 12.9. The van der Waals surface area contributed by atoms with Crippen LogP contribution in [0.25, 0.3) is 11.2 Å². The van der Waals surface area contributed by atoms with Crippen LogP contribution >= 0.6 is 0 Å². The molecule has 0 atom stereocenters. The Morgan fingerprint density at radius 2 is 1.58 bits per heavy atom. The highest BCUT2D eigenvalue weighted by molar-refractivity contribution is 5.94. The molecule has 2 aromatic carbocycles. The van der Waals surface area contributed by atoms with Crippen LogP contribution in [0.4, 0.5) is 11.6 Å². The molecule has 0 spiro atoms. The first kappa shape index (κ1) is 20.1. The van der Waals surface area contributed by atoms with E-state index in [1.165, 1.54) is 11.6 Å². The van der Waals surface area contributed by atoms with E-state index in [0.717, 1.165) is 10.3 Å². The van der Waals surface area contributed by atoms with Crippen molar-refractivity contribution < 1.29 is 4.79 Å². The van der Waals surface area contributed by atoms with Gasteiger partial charge in [0.2, 0.25) is 5.95 Å². The quantitative estimate of drug-likeness (QED) is 0.495. The molecule has 31 heavy (non-hydrogen) atoms. The first-order valence-electron chi connectivity index (χ1n) is 9.79. The Morgan fingerprint density at radius 1 is 0.935 bits per heavy atom. The van der Waals surface area contributed by atoms with E-state index in [0.29, 0.717) is 11.5 Å². The van der Waals surface area contributed by atoms with Crippen LogP contribution in [0.1, 0.15) is 10.4 Å². The number of amides is 1. The maximum Gasteiger partial charge on any atom is 0.332 e. The summed E-state index contributed by atoms with van der Waals surface area (Å²) in [7, 11) is 3.01. The molecule has 0 aliphatic heterocycles. The lowest BCUT2D eigenvalue weighted by atomic mass is 10.2. The Balaban J connectivity index is 1.71. The maximum atomic E-state index is 12.9. The third kappa shape index (κ3) is 3.85. The van der Waals surface area contributed by atoms with Gasteiger partial charge in [-0.15, -0.1) is 0 Å².